The Morgan fingerprint density at radius 2 is 2.04 bits per heavy atom. The van der Waals surface area contributed by atoms with Gasteiger partial charge in [0.1, 0.15) is 0 Å². The fraction of sp³-hybridized carbons (Fsp3) is 0.133. The van der Waals surface area contributed by atoms with E-state index in [1.54, 1.807) is 29.3 Å². The third-order valence-electron chi connectivity index (χ3n) is 3.66. The van der Waals surface area contributed by atoms with E-state index in [1.807, 2.05) is 12.1 Å². The van der Waals surface area contributed by atoms with E-state index in [0.717, 1.165) is 25.0 Å². The largest absolute Gasteiger partial charge is 0.360 e. The molecule has 1 N–H and O–H groups in total. The van der Waals surface area contributed by atoms with Gasteiger partial charge in [-0.25, -0.2) is 4.31 Å². The number of nitrogens with zero attached hydrogens (tertiary/aromatic N) is 2. The summed E-state index contributed by atoms with van der Waals surface area (Å²) in [6, 6.07) is 10.2. The van der Waals surface area contributed by atoms with Gasteiger partial charge in [0.2, 0.25) is 0 Å². The summed E-state index contributed by atoms with van der Waals surface area (Å²) in [5, 5.41) is 1.15. The van der Waals surface area contributed by atoms with Crippen molar-refractivity contribution in [1.29, 1.82) is 0 Å². The first kappa shape index (κ1) is 14.9. The predicted molar refractivity (Wildman–Crippen MR) is 94.7 cm³/mol. The monoisotopic (exact) mass is 364 g/mol. The number of hydrogen-bond acceptors (Lipinski definition) is 5. The molecule has 1 aliphatic rings. The lowest BCUT2D eigenvalue weighted by Crippen LogP contribution is -2.35. The number of thioether (sulfide) groups is 1. The Morgan fingerprint density at radius 3 is 2.83 bits per heavy atom. The van der Waals surface area contributed by atoms with Crippen molar-refractivity contribution >= 4 is 49.2 Å². The van der Waals surface area contributed by atoms with Crippen molar-refractivity contribution in [3.63, 3.8) is 0 Å². The second-order valence-corrected chi connectivity index (χ2v) is 8.61. The minimum Gasteiger partial charge on any atom is -0.269 e. The molecular formula is C15H12N2O3S3. The number of thiophene rings is 1. The van der Waals surface area contributed by atoms with Crippen LogP contribution in [0.4, 0.5) is 5.69 Å². The van der Waals surface area contributed by atoms with Crippen molar-refractivity contribution in [2.24, 2.45) is 0 Å². The number of aromatic nitrogens is 1. The zero-order chi connectivity index (χ0) is 16.0. The lowest BCUT2D eigenvalue weighted by Gasteiger charge is -2.28. The van der Waals surface area contributed by atoms with Crippen LogP contribution in [0.15, 0.2) is 47.6 Å². The van der Waals surface area contributed by atoms with E-state index in [0.29, 0.717) is 11.4 Å². The number of pyridine rings is 1. The summed E-state index contributed by atoms with van der Waals surface area (Å²) in [5.74, 6) is 0.592. The average molecular weight is 364 g/mol. The van der Waals surface area contributed by atoms with Crippen LogP contribution < -0.4 is 4.31 Å². The second kappa shape index (κ2) is 5.48. The van der Waals surface area contributed by atoms with Crippen molar-refractivity contribution in [3.8, 4) is 10.4 Å². The van der Waals surface area contributed by atoms with Gasteiger partial charge in [-0.05, 0) is 17.5 Å². The van der Waals surface area contributed by atoms with E-state index >= 15 is 0 Å². The number of anilines is 1. The summed E-state index contributed by atoms with van der Waals surface area (Å²) < 4.78 is 34.8. The Bertz CT molecular complexity index is 965. The first-order chi connectivity index (χ1) is 11.0. The zero-order valence-corrected chi connectivity index (χ0v) is 14.3. The quantitative estimate of drug-likeness (QED) is 0.703. The van der Waals surface area contributed by atoms with E-state index in [1.165, 1.54) is 10.9 Å². The maximum absolute atomic E-state index is 11.6. The molecule has 8 heteroatoms. The first-order valence-corrected chi connectivity index (χ1v) is 10.1. The molecule has 0 aliphatic carbocycles. The minimum atomic E-state index is -4.28. The van der Waals surface area contributed by atoms with Crippen molar-refractivity contribution in [3.05, 3.63) is 42.7 Å². The molecule has 1 aromatic carbocycles. The van der Waals surface area contributed by atoms with Gasteiger partial charge in [-0.1, -0.05) is 18.2 Å². The van der Waals surface area contributed by atoms with Crippen molar-refractivity contribution in [2.75, 3.05) is 16.6 Å². The standard InChI is InChI=1S/C15H12N2O3S3/c18-23(19,20)17-5-6-21-15-11(8-16-9-12(15)17)14-7-10-3-1-2-4-13(10)22-14/h1-4,7-9H,5-6H2,(H,18,19,20). The van der Waals surface area contributed by atoms with Crippen LogP contribution in [0.2, 0.25) is 0 Å². The van der Waals surface area contributed by atoms with E-state index < -0.39 is 10.3 Å². The van der Waals surface area contributed by atoms with Gasteiger partial charge in [-0.15, -0.1) is 23.1 Å². The molecule has 0 unspecified atom stereocenters. The van der Waals surface area contributed by atoms with Crippen LogP contribution in [-0.4, -0.2) is 30.3 Å². The van der Waals surface area contributed by atoms with E-state index in [2.05, 4.69) is 23.2 Å². The van der Waals surface area contributed by atoms with Crippen molar-refractivity contribution < 1.29 is 13.0 Å². The molecule has 0 saturated heterocycles. The van der Waals surface area contributed by atoms with Gasteiger partial charge < -0.3 is 0 Å². The molecular weight excluding hydrogens is 352 g/mol. The Kier molecular flexibility index (Phi) is 3.56. The molecule has 0 fully saturated rings. The van der Waals surface area contributed by atoms with Crippen LogP contribution >= 0.6 is 23.1 Å². The predicted octanol–water partition coefficient (Wildman–Crippen LogP) is 3.68. The lowest BCUT2D eigenvalue weighted by atomic mass is 10.2. The maximum atomic E-state index is 11.6. The van der Waals surface area contributed by atoms with Crippen molar-refractivity contribution in [1.82, 2.24) is 4.98 Å². The van der Waals surface area contributed by atoms with Crippen LogP contribution in [0.25, 0.3) is 20.5 Å². The molecule has 0 amide bonds. The molecule has 1 aliphatic heterocycles. The summed E-state index contributed by atoms with van der Waals surface area (Å²) in [6.07, 6.45) is 3.25. The topological polar surface area (TPSA) is 70.5 Å². The third-order valence-corrected chi connectivity index (χ3v) is 6.85. The van der Waals surface area contributed by atoms with E-state index in [9.17, 15) is 13.0 Å². The Balaban J connectivity index is 1.91. The van der Waals surface area contributed by atoms with Crippen LogP contribution in [0.3, 0.4) is 0 Å². The third kappa shape index (κ3) is 2.61. The van der Waals surface area contributed by atoms with Gasteiger partial charge in [0, 0.05) is 38.5 Å². The molecule has 0 spiro atoms. The summed E-state index contributed by atoms with van der Waals surface area (Å²) in [7, 11) is -4.28. The van der Waals surface area contributed by atoms with Gasteiger partial charge in [0.25, 0.3) is 0 Å². The summed E-state index contributed by atoms with van der Waals surface area (Å²) in [5.41, 5.74) is 1.35. The second-order valence-electron chi connectivity index (χ2n) is 5.08. The van der Waals surface area contributed by atoms with Gasteiger partial charge in [0.05, 0.1) is 11.9 Å². The summed E-state index contributed by atoms with van der Waals surface area (Å²) in [6.45, 7) is 0.244. The lowest BCUT2D eigenvalue weighted by molar-refractivity contribution is 0.478. The molecule has 5 nitrogen and oxygen atoms in total. The maximum Gasteiger partial charge on any atom is 0.360 e. The first-order valence-electron chi connectivity index (χ1n) is 6.89. The fourth-order valence-corrected chi connectivity index (χ4v) is 5.78. The smallest absolute Gasteiger partial charge is 0.269 e. The normalized spacial score (nSPS) is 14.9. The highest BCUT2D eigenvalue weighted by molar-refractivity contribution is 8.00. The van der Waals surface area contributed by atoms with Crippen LogP contribution in [0.1, 0.15) is 0 Å². The Morgan fingerprint density at radius 1 is 1.22 bits per heavy atom. The number of fused-ring (bicyclic) bond motifs is 2. The SMILES string of the molecule is O=S(=O)(O)N1CCSc2c(-c3cc4ccccc4s3)cncc21. The Hall–Kier alpha value is -1.61. The minimum absolute atomic E-state index is 0.244. The van der Waals surface area contributed by atoms with Crippen molar-refractivity contribution in [2.45, 2.75) is 4.90 Å². The molecule has 0 atom stereocenters. The van der Waals surface area contributed by atoms with Crippen LogP contribution in [-0.2, 0) is 10.3 Å². The molecule has 0 saturated carbocycles. The van der Waals surface area contributed by atoms with E-state index in [4.69, 9.17) is 0 Å². The molecule has 3 aromatic rings. The highest BCUT2D eigenvalue weighted by atomic mass is 32.2. The van der Waals surface area contributed by atoms with E-state index in [-0.39, 0.29) is 6.54 Å². The average Bonchev–Trinajstić information content (AvgIpc) is 2.96. The molecule has 23 heavy (non-hydrogen) atoms. The molecule has 0 radical (unpaired) electrons. The van der Waals surface area contributed by atoms with Gasteiger partial charge in [0.15, 0.2) is 0 Å². The number of benzene rings is 1. The van der Waals surface area contributed by atoms with Gasteiger partial charge in [-0.3, -0.25) is 9.54 Å². The molecule has 2 aromatic heterocycles. The highest BCUT2D eigenvalue weighted by Gasteiger charge is 2.28. The number of hydrogen-bond donors (Lipinski definition) is 1. The van der Waals surface area contributed by atoms with Gasteiger partial charge >= 0.3 is 10.3 Å². The van der Waals surface area contributed by atoms with Crippen LogP contribution in [0.5, 0.6) is 0 Å². The number of rotatable bonds is 2. The van der Waals surface area contributed by atoms with Crippen LogP contribution in [0, 0.1) is 0 Å². The molecule has 0 bridgehead atoms. The van der Waals surface area contributed by atoms with Gasteiger partial charge in [-0.2, -0.15) is 8.42 Å². The Labute approximate surface area is 141 Å². The summed E-state index contributed by atoms with van der Waals surface area (Å²) in [4.78, 5) is 6.07. The highest BCUT2D eigenvalue weighted by Crippen LogP contribution is 2.44. The molecule has 118 valence electrons. The summed E-state index contributed by atoms with van der Waals surface area (Å²) >= 11 is 3.24. The molecule has 3 heterocycles. The fourth-order valence-electron chi connectivity index (χ4n) is 2.65. The molecule has 4 rings (SSSR count). The zero-order valence-electron chi connectivity index (χ0n) is 11.8.